The minimum atomic E-state index is -0.273. The third-order valence-corrected chi connectivity index (χ3v) is 3.15. The Labute approximate surface area is 131 Å². The van der Waals surface area contributed by atoms with Crippen molar-refractivity contribution >= 4 is 46.2 Å². The lowest BCUT2D eigenvalue weighted by Crippen LogP contribution is -2.27. The zero-order valence-electron chi connectivity index (χ0n) is 10.3. The predicted molar refractivity (Wildman–Crippen MR) is 85.9 cm³/mol. The van der Waals surface area contributed by atoms with Crippen molar-refractivity contribution < 1.29 is 4.39 Å². The zero-order valence-corrected chi connectivity index (χ0v) is 12.6. The molecular formula is C14H11Cl2FN2S. The van der Waals surface area contributed by atoms with E-state index in [4.69, 9.17) is 35.4 Å². The molecule has 0 unspecified atom stereocenters. The lowest BCUT2D eigenvalue weighted by Gasteiger charge is -2.11. The Kier molecular flexibility index (Phi) is 5.17. The smallest absolute Gasteiger partial charge is 0.171 e. The van der Waals surface area contributed by atoms with E-state index < -0.39 is 0 Å². The highest BCUT2D eigenvalue weighted by molar-refractivity contribution is 7.80. The van der Waals surface area contributed by atoms with Crippen LogP contribution in [-0.4, -0.2) is 5.11 Å². The van der Waals surface area contributed by atoms with Gasteiger partial charge in [-0.1, -0.05) is 35.3 Å². The third kappa shape index (κ3) is 4.63. The highest BCUT2D eigenvalue weighted by atomic mass is 35.5. The first kappa shape index (κ1) is 15.0. The molecule has 2 aromatic carbocycles. The molecule has 0 aliphatic heterocycles. The summed E-state index contributed by atoms with van der Waals surface area (Å²) in [4.78, 5) is 0. The minimum absolute atomic E-state index is 0.273. The minimum Gasteiger partial charge on any atom is -0.358 e. The van der Waals surface area contributed by atoms with Gasteiger partial charge in [-0.15, -0.1) is 0 Å². The second-order valence-electron chi connectivity index (χ2n) is 4.10. The molecule has 2 rings (SSSR count). The van der Waals surface area contributed by atoms with Crippen molar-refractivity contribution in [1.82, 2.24) is 5.32 Å². The Morgan fingerprint density at radius 2 is 1.80 bits per heavy atom. The van der Waals surface area contributed by atoms with E-state index in [1.165, 1.54) is 12.1 Å². The molecule has 0 heterocycles. The van der Waals surface area contributed by atoms with Crippen LogP contribution in [0.25, 0.3) is 0 Å². The maximum Gasteiger partial charge on any atom is 0.171 e. The van der Waals surface area contributed by atoms with Crippen molar-refractivity contribution in [3.05, 3.63) is 63.9 Å². The van der Waals surface area contributed by atoms with Gasteiger partial charge in [-0.25, -0.2) is 4.39 Å². The molecule has 6 heteroatoms. The molecule has 0 spiro atoms. The maximum atomic E-state index is 13.0. The Hall–Kier alpha value is -1.36. The Balaban J connectivity index is 1.92. The molecule has 0 radical (unpaired) electrons. The van der Waals surface area contributed by atoms with E-state index in [0.717, 1.165) is 5.56 Å². The molecule has 0 aromatic heterocycles. The first-order chi connectivity index (χ1) is 9.52. The highest BCUT2D eigenvalue weighted by Gasteiger charge is 2.02. The lowest BCUT2D eigenvalue weighted by atomic mass is 10.2. The maximum absolute atomic E-state index is 13.0. The van der Waals surface area contributed by atoms with E-state index in [0.29, 0.717) is 27.4 Å². The number of hydrogen-bond acceptors (Lipinski definition) is 1. The normalized spacial score (nSPS) is 10.2. The Morgan fingerprint density at radius 1 is 1.10 bits per heavy atom. The average Bonchev–Trinajstić information content (AvgIpc) is 2.35. The number of halogens is 3. The number of thiocarbonyl (C=S) groups is 1. The van der Waals surface area contributed by atoms with Crippen molar-refractivity contribution in [2.75, 3.05) is 5.32 Å². The topological polar surface area (TPSA) is 24.1 Å². The molecule has 0 bridgehead atoms. The lowest BCUT2D eigenvalue weighted by molar-refractivity contribution is 0.625. The first-order valence-electron chi connectivity index (χ1n) is 5.78. The molecule has 0 atom stereocenters. The van der Waals surface area contributed by atoms with Crippen molar-refractivity contribution in [2.45, 2.75) is 6.54 Å². The zero-order chi connectivity index (χ0) is 14.5. The fourth-order valence-corrected chi connectivity index (χ4v) is 2.35. The number of rotatable bonds is 3. The number of anilines is 1. The molecule has 0 aliphatic carbocycles. The van der Waals surface area contributed by atoms with Gasteiger partial charge >= 0.3 is 0 Å². The summed E-state index contributed by atoms with van der Waals surface area (Å²) in [6.45, 7) is 0.428. The van der Waals surface area contributed by atoms with Crippen LogP contribution in [0.15, 0.2) is 42.5 Å². The van der Waals surface area contributed by atoms with E-state index in [1.807, 2.05) is 6.07 Å². The van der Waals surface area contributed by atoms with Crippen LogP contribution in [0, 0.1) is 5.82 Å². The number of hydrogen-bond donors (Lipinski definition) is 2. The summed E-state index contributed by atoms with van der Waals surface area (Å²) in [6, 6.07) is 11.4. The highest BCUT2D eigenvalue weighted by Crippen LogP contribution is 2.22. The van der Waals surface area contributed by atoms with E-state index in [1.54, 1.807) is 24.3 Å². The van der Waals surface area contributed by atoms with Gasteiger partial charge in [0.25, 0.3) is 0 Å². The second kappa shape index (κ2) is 6.88. The van der Waals surface area contributed by atoms with Gasteiger partial charge in [0.2, 0.25) is 0 Å². The van der Waals surface area contributed by atoms with Crippen LogP contribution >= 0.6 is 35.4 Å². The molecule has 0 saturated carbocycles. The fraction of sp³-hybridized carbons (Fsp3) is 0.0714. The third-order valence-electron chi connectivity index (χ3n) is 2.46. The van der Waals surface area contributed by atoms with Gasteiger partial charge in [0, 0.05) is 22.3 Å². The molecule has 0 aliphatic rings. The van der Waals surface area contributed by atoms with Gasteiger partial charge in [0.1, 0.15) is 5.82 Å². The summed E-state index contributed by atoms with van der Waals surface area (Å²) in [7, 11) is 0. The van der Waals surface area contributed by atoms with Crippen molar-refractivity contribution in [1.29, 1.82) is 0 Å². The molecule has 20 heavy (non-hydrogen) atoms. The van der Waals surface area contributed by atoms with Crippen LogP contribution in [0.1, 0.15) is 5.56 Å². The summed E-state index contributed by atoms with van der Waals surface area (Å²) in [5.74, 6) is -0.273. The second-order valence-corrected chi connectivity index (χ2v) is 5.38. The van der Waals surface area contributed by atoms with Crippen LogP contribution in [0.3, 0.4) is 0 Å². The molecule has 2 N–H and O–H groups in total. The number of benzene rings is 2. The molecule has 0 amide bonds. The quantitative estimate of drug-likeness (QED) is 0.804. The predicted octanol–water partition coefficient (Wildman–Crippen LogP) is 4.62. The van der Waals surface area contributed by atoms with E-state index in [2.05, 4.69) is 10.6 Å². The van der Waals surface area contributed by atoms with Crippen molar-refractivity contribution in [3.63, 3.8) is 0 Å². The average molecular weight is 329 g/mol. The van der Waals surface area contributed by atoms with Crippen LogP contribution in [-0.2, 0) is 6.54 Å². The molecule has 0 fully saturated rings. The molecular weight excluding hydrogens is 318 g/mol. The summed E-state index contributed by atoms with van der Waals surface area (Å²) < 4.78 is 13.0. The largest absolute Gasteiger partial charge is 0.358 e. The monoisotopic (exact) mass is 328 g/mol. The van der Waals surface area contributed by atoms with Gasteiger partial charge in [-0.3, -0.25) is 0 Å². The summed E-state index contributed by atoms with van der Waals surface area (Å²) in [5, 5.41) is 7.40. The Bertz CT molecular complexity index is 614. The molecule has 104 valence electrons. The fourth-order valence-electron chi connectivity index (χ4n) is 1.63. The first-order valence-corrected chi connectivity index (χ1v) is 6.95. The van der Waals surface area contributed by atoms with Crippen LogP contribution in [0.2, 0.25) is 10.0 Å². The molecule has 0 saturated heterocycles. The van der Waals surface area contributed by atoms with Crippen LogP contribution in [0.4, 0.5) is 10.1 Å². The van der Waals surface area contributed by atoms with Gasteiger partial charge in [0.05, 0.1) is 0 Å². The van der Waals surface area contributed by atoms with Crippen LogP contribution < -0.4 is 10.6 Å². The molecule has 2 nitrogen and oxygen atoms in total. The summed E-state index contributed by atoms with van der Waals surface area (Å²) in [5.41, 5.74) is 1.50. The number of nitrogens with one attached hydrogen (secondary N) is 2. The van der Waals surface area contributed by atoms with E-state index in [-0.39, 0.29) is 5.82 Å². The van der Waals surface area contributed by atoms with Gasteiger partial charge in [-0.2, -0.15) is 0 Å². The van der Waals surface area contributed by atoms with E-state index >= 15 is 0 Å². The van der Waals surface area contributed by atoms with Crippen molar-refractivity contribution in [3.8, 4) is 0 Å². The molecule has 2 aromatic rings. The SMILES string of the molecule is Fc1cccc(CNC(=S)Nc2cc(Cl)cc(Cl)c2)c1. The summed E-state index contributed by atoms with van der Waals surface area (Å²) in [6.07, 6.45) is 0. The van der Waals surface area contributed by atoms with Gasteiger partial charge < -0.3 is 10.6 Å². The van der Waals surface area contributed by atoms with Crippen molar-refractivity contribution in [2.24, 2.45) is 0 Å². The van der Waals surface area contributed by atoms with Crippen LogP contribution in [0.5, 0.6) is 0 Å². The van der Waals surface area contributed by atoms with E-state index in [9.17, 15) is 4.39 Å². The summed E-state index contributed by atoms with van der Waals surface area (Å²) >= 11 is 16.9. The van der Waals surface area contributed by atoms with Gasteiger partial charge in [-0.05, 0) is 48.1 Å². The Morgan fingerprint density at radius 3 is 2.45 bits per heavy atom. The van der Waals surface area contributed by atoms with Gasteiger partial charge in [0.15, 0.2) is 5.11 Å². The standard InChI is InChI=1S/C14H11Cl2FN2S/c15-10-5-11(16)7-13(6-10)19-14(20)18-8-9-2-1-3-12(17)4-9/h1-7H,8H2,(H2,18,19,20).